The van der Waals surface area contributed by atoms with Crippen molar-refractivity contribution < 1.29 is 9.84 Å². The molecule has 1 N–H and O–H groups in total. The second-order valence-electron chi connectivity index (χ2n) is 3.21. The van der Waals surface area contributed by atoms with E-state index in [4.69, 9.17) is 9.84 Å². The first-order valence-corrected chi connectivity index (χ1v) is 5.51. The second kappa shape index (κ2) is 5.37. The van der Waals surface area contributed by atoms with Gasteiger partial charge in [-0.3, -0.25) is 0 Å². The molecule has 0 fully saturated rings. The molecule has 0 radical (unpaired) electrons. The van der Waals surface area contributed by atoms with Crippen molar-refractivity contribution in [3.8, 4) is 5.75 Å². The van der Waals surface area contributed by atoms with Gasteiger partial charge in [0.25, 0.3) is 0 Å². The van der Waals surface area contributed by atoms with Gasteiger partial charge in [-0.1, -0.05) is 13.0 Å². The molecule has 1 aromatic carbocycles. The van der Waals surface area contributed by atoms with E-state index in [0.717, 1.165) is 15.8 Å². The van der Waals surface area contributed by atoms with Crippen molar-refractivity contribution in [2.45, 2.75) is 19.8 Å². The minimum atomic E-state index is 0.167. The van der Waals surface area contributed by atoms with Crippen molar-refractivity contribution in [1.82, 2.24) is 0 Å². The fourth-order valence-electron chi connectivity index (χ4n) is 1.20. The molecule has 0 bridgehead atoms. The summed E-state index contributed by atoms with van der Waals surface area (Å²) >= 11 is 3.44. The van der Waals surface area contributed by atoms with Gasteiger partial charge in [-0.25, -0.2) is 0 Å². The Morgan fingerprint density at radius 3 is 2.71 bits per heavy atom. The predicted octanol–water partition coefficient (Wildman–Crippen LogP) is 2.94. The van der Waals surface area contributed by atoms with Gasteiger partial charge in [0.1, 0.15) is 5.75 Å². The smallest absolute Gasteiger partial charge is 0.133 e. The first kappa shape index (κ1) is 11.5. The van der Waals surface area contributed by atoms with E-state index >= 15 is 0 Å². The van der Waals surface area contributed by atoms with E-state index in [2.05, 4.69) is 15.9 Å². The highest BCUT2D eigenvalue weighted by Gasteiger charge is 2.07. The van der Waals surface area contributed by atoms with Crippen LogP contribution < -0.4 is 4.74 Å². The lowest BCUT2D eigenvalue weighted by atomic mass is 10.0. The lowest BCUT2D eigenvalue weighted by Gasteiger charge is -2.11. The minimum absolute atomic E-state index is 0.167. The van der Waals surface area contributed by atoms with Crippen molar-refractivity contribution >= 4 is 15.9 Å². The Kier molecular flexibility index (Phi) is 4.42. The van der Waals surface area contributed by atoms with Gasteiger partial charge in [0.2, 0.25) is 0 Å². The van der Waals surface area contributed by atoms with Crippen LogP contribution in [-0.4, -0.2) is 18.3 Å². The molecule has 3 heteroatoms. The van der Waals surface area contributed by atoms with Gasteiger partial charge < -0.3 is 9.84 Å². The Morgan fingerprint density at radius 1 is 1.50 bits per heavy atom. The van der Waals surface area contributed by atoms with E-state index in [1.54, 1.807) is 0 Å². The number of halogens is 1. The lowest BCUT2D eigenvalue weighted by Crippen LogP contribution is -1.99. The molecular formula is C11H15BrO2. The zero-order chi connectivity index (χ0) is 10.6. The standard InChI is InChI=1S/C11H15BrO2/c1-3-14-11-5-4-9(6-10(11)12)8(2)7-13/h4-6,8,13H,3,7H2,1-2H3. The van der Waals surface area contributed by atoms with E-state index in [1.165, 1.54) is 0 Å². The van der Waals surface area contributed by atoms with Gasteiger partial charge in [-0.15, -0.1) is 0 Å². The second-order valence-corrected chi connectivity index (χ2v) is 4.06. The van der Waals surface area contributed by atoms with Crippen LogP contribution in [0.5, 0.6) is 5.75 Å². The molecule has 0 saturated carbocycles. The monoisotopic (exact) mass is 258 g/mol. The van der Waals surface area contributed by atoms with Crippen LogP contribution in [0.1, 0.15) is 25.3 Å². The van der Waals surface area contributed by atoms with E-state index in [9.17, 15) is 0 Å². The summed E-state index contributed by atoms with van der Waals surface area (Å²) in [6.45, 7) is 4.77. The highest BCUT2D eigenvalue weighted by Crippen LogP contribution is 2.28. The number of hydrogen-bond acceptors (Lipinski definition) is 2. The molecule has 1 unspecified atom stereocenters. The Labute approximate surface area is 93.0 Å². The van der Waals surface area contributed by atoms with E-state index in [0.29, 0.717) is 6.61 Å². The zero-order valence-corrected chi connectivity index (χ0v) is 10.0. The number of rotatable bonds is 4. The first-order valence-electron chi connectivity index (χ1n) is 4.72. The highest BCUT2D eigenvalue weighted by molar-refractivity contribution is 9.10. The molecule has 14 heavy (non-hydrogen) atoms. The molecule has 78 valence electrons. The summed E-state index contributed by atoms with van der Waals surface area (Å²) in [5.41, 5.74) is 1.11. The molecule has 2 nitrogen and oxygen atoms in total. The maximum absolute atomic E-state index is 9.01. The number of ether oxygens (including phenoxy) is 1. The Bertz CT molecular complexity index is 299. The van der Waals surface area contributed by atoms with Gasteiger partial charge in [0, 0.05) is 12.5 Å². The summed E-state index contributed by atoms with van der Waals surface area (Å²) in [6, 6.07) is 5.90. The summed E-state index contributed by atoms with van der Waals surface area (Å²) in [4.78, 5) is 0. The Hall–Kier alpha value is -0.540. The Morgan fingerprint density at radius 2 is 2.21 bits per heavy atom. The molecule has 1 aromatic rings. The molecule has 0 spiro atoms. The summed E-state index contributed by atoms with van der Waals surface area (Å²) in [7, 11) is 0. The van der Waals surface area contributed by atoms with Crippen molar-refractivity contribution in [3.05, 3.63) is 28.2 Å². The summed E-state index contributed by atoms with van der Waals surface area (Å²) in [5, 5.41) is 9.01. The van der Waals surface area contributed by atoms with Crippen LogP contribution in [0.2, 0.25) is 0 Å². The highest BCUT2D eigenvalue weighted by atomic mass is 79.9. The third kappa shape index (κ3) is 2.72. The number of hydrogen-bond donors (Lipinski definition) is 1. The number of benzene rings is 1. The summed E-state index contributed by atoms with van der Waals surface area (Å²) in [6.07, 6.45) is 0. The third-order valence-electron chi connectivity index (χ3n) is 2.10. The fraction of sp³-hybridized carbons (Fsp3) is 0.455. The van der Waals surface area contributed by atoms with Crippen LogP contribution in [0.25, 0.3) is 0 Å². The van der Waals surface area contributed by atoms with Crippen molar-refractivity contribution in [2.75, 3.05) is 13.2 Å². The number of aliphatic hydroxyl groups excluding tert-OH is 1. The summed E-state index contributed by atoms with van der Waals surface area (Å²) in [5.74, 6) is 1.02. The first-order chi connectivity index (χ1) is 6.69. The van der Waals surface area contributed by atoms with Gasteiger partial charge >= 0.3 is 0 Å². The average molecular weight is 259 g/mol. The molecule has 0 aliphatic heterocycles. The van der Waals surface area contributed by atoms with Crippen LogP contribution in [0, 0.1) is 0 Å². The van der Waals surface area contributed by atoms with Crippen molar-refractivity contribution in [2.24, 2.45) is 0 Å². The van der Waals surface area contributed by atoms with Gasteiger partial charge in [0.15, 0.2) is 0 Å². The molecule has 1 rings (SSSR count). The van der Waals surface area contributed by atoms with Crippen LogP contribution in [0.15, 0.2) is 22.7 Å². The van der Waals surface area contributed by atoms with Gasteiger partial charge in [0.05, 0.1) is 11.1 Å². The lowest BCUT2D eigenvalue weighted by molar-refractivity contribution is 0.273. The molecule has 0 amide bonds. The van der Waals surface area contributed by atoms with Crippen molar-refractivity contribution in [1.29, 1.82) is 0 Å². The zero-order valence-electron chi connectivity index (χ0n) is 8.46. The summed E-state index contributed by atoms with van der Waals surface area (Å²) < 4.78 is 6.34. The maximum atomic E-state index is 9.01. The third-order valence-corrected chi connectivity index (χ3v) is 2.72. The van der Waals surface area contributed by atoms with E-state index < -0.39 is 0 Å². The largest absolute Gasteiger partial charge is 0.493 e. The predicted molar refractivity (Wildman–Crippen MR) is 60.8 cm³/mol. The topological polar surface area (TPSA) is 29.5 Å². The maximum Gasteiger partial charge on any atom is 0.133 e. The average Bonchev–Trinajstić information content (AvgIpc) is 2.20. The molecule has 0 aromatic heterocycles. The quantitative estimate of drug-likeness (QED) is 0.900. The van der Waals surface area contributed by atoms with Crippen molar-refractivity contribution in [3.63, 3.8) is 0 Å². The number of aliphatic hydroxyl groups is 1. The van der Waals surface area contributed by atoms with E-state index in [-0.39, 0.29) is 12.5 Å². The van der Waals surface area contributed by atoms with Crippen LogP contribution in [0.3, 0.4) is 0 Å². The molecule has 0 aliphatic carbocycles. The van der Waals surface area contributed by atoms with Crippen LogP contribution >= 0.6 is 15.9 Å². The normalized spacial score (nSPS) is 12.6. The molecule has 0 aliphatic rings. The fourth-order valence-corrected chi connectivity index (χ4v) is 1.71. The Balaban J connectivity index is 2.88. The minimum Gasteiger partial charge on any atom is -0.493 e. The molecular weight excluding hydrogens is 244 g/mol. The molecule has 0 saturated heterocycles. The van der Waals surface area contributed by atoms with Gasteiger partial charge in [-0.2, -0.15) is 0 Å². The van der Waals surface area contributed by atoms with Crippen LogP contribution in [-0.2, 0) is 0 Å². The SMILES string of the molecule is CCOc1ccc(C(C)CO)cc1Br. The van der Waals surface area contributed by atoms with Gasteiger partial charge in [-0.05, 0) is 40.5 Å². The molecule has 1 atom stereocenters. The molecule has 0 heterocycles. The van der Waals surface area contributed by atoms with E-state index in [1.807, 2.05) is 32.0 Å². The van der Waals surface area contributed by atoms with Crippen LogP contribution in [0.4, 0.5) is 0 Å².